The van der Waals surface area contributed by atoms with Crippen molar-refractivity contribution >= 4 is 35.6 Å². The highest BCUT2D eigenvalue weighted by Crippen LogP contribution is 2.08. The fourth-order valence-corrected chi connectivity index (χ4v) is 2.56. The van der Waals surface area contributed by atoms with Crippen LogP contribution in [0.25, 0.3) is 0 Å². The molecule has 2 N–H and O–H groups in total. The monoisotopic (exact) mass is 286 g/mol. The van der Waals surface area contributed by atoms with E-state index in [4.69, 9.17) is 0 Å². The Hall–Kier alpha value is -1.77. The first-order valence-corrected chi connectivity index (χ1v) is 6.99. The zero-order chi connectivity index (χ0) is 13.8. The number of hydrogen-bond donors (Lipinski definition) is 2. The Labute approximate surface area is 113 Å². The van der Waals surface area contributed by atoms with E-state index in [1.54, 1.807) is 0 Å². The van der Waals surface area contributed by atoms with Crippen LogP contribution >= 0.6 is 11.8 Å². The van der Waals surface area contributed by atoms with Gasteiger partial charge in [-0.25, -0.2) is 9.59 Å². The van der Waals surface area contributed by atoms with Crippen LogP contribution in [0.3, 0.4) is 0 Å². The zero-order valence-electron chi connectivity index (χ0n) is 10.2. The molecule has 0 bridgehead atoms. The summed E-state index contributed by atoms with van der Waals surface area (Å²) in [6.07, 6.45) is 0. The van der Waals surface area contributed by atoms with Crippen LogP contribution in [-0.4, -0.2) is 71.4 Å². The molecule has 104 valence electrons. The molecule has 2 aliphatic heterocycles. The molecule has 0 radical (unpaired) electrons. The summed E-state index contributed by atoms with van der Waals surface area (Å²) in [6.45, 7) is 1.64. The molecule has 2 aliphatic rings. The fraction of sp³-hybridized carbons (Fsp3) is 0.600. The molecule has 19 heavy (non-hydrogen) atoms. The molecule has 0 unspecified atom stereocenters. The molecule has 0 aromatic carbocycles. The van der Waals surface area contributed by atoms with Crippen molar-refractivity contribution in [3.63, 3.8) is 0 Å². The summed E-state index contributed by atoms with van der Waals surface area (Å²) in [5, 5.41) is 5.06. The van der Waals surface area contributed by atoms with Crippen LogP contribution in [0, 0.1) is 0 Å². The number of nitrogens with one attached hydrogen (secondary N) is 2. The lowest BCUT2D eigenvalue weighted by molar-refractivity contribution is -0.125. The lowest BCUT2D eigenvalue weighted by Crippen LogP contribution is -2.37. The molecule has 6 amide bonds. The molecular formula is C10H14N4O4S. The van der Waals surface area contributed by atoms with Gasteiger partial charge >= 0.3 is 12.1 Å². The minimum absolute atomic E-state index is 0.0502. The first kappa shape index (κ1) is 13.7. The second-order valence-electron chi connectivity index (χ2n) is 4.05. The van der Waals surface area contributed by atoms with E-state index >= 15 is 0 Å². The van der Waals surface area contributed by atoms with Gasteiger partial charge in [0.05, 0.1) is 11.5 Å². The van der Waals surface area contributed by atoms with Crippen molar-refractivity contribution in [1.29, 1.82) is 0 Å². The quantitative estimate of drug-likeness (QED) is 0.678. The molecule has 0 aliphatic carbocycles. The van der Waals surface area contributed by atoms with Gasteiger partial charge in [-0.05, 0) is 0 Å². The van der Waals surface area contributed by atoms with E-state index in [1.807, 2.05) is 0 Å². The number of hydrogen-bond acceptors (Lipinski definition) is 5. The highest BCUT2D eigenvalue weighted by atomic mass is 32.2. The summed E-state index contributed by atoms with van der Waals surface area (Å²) < 4.78 is 0. The van der Waals surface area contributed by atoms with Gasteiger partial charge in [0.25, 0.3) is 0 Å². The van der Waals surface area contributed by atoms with Crippen molar-refractivity contribution in [2.24, 2.45) is 0 Å². The lowest BCUT2D eigenvalue weighted by Gasteiger charge is -2.13. The largest absolute Gasteiger partial charge is 0.336 e. The summed E-state index contributed by atoms with van der Waals surface area (Å²) in [5.41, 5.74) is 0. The third-order valence-electron chi connectivity index (χ3n) is 2.77. The normalized spacial score (nSPS) is 18.5. The first-order chi connectivity index (χ1) is 9.09. The predicted molar refractivity (Wildman–Crippen MR) is 67.5 cm³/mol. The molecule has 2 saturated heterocycles. The van der Waals surface area contributed by atoms with Crippen LogP contribution in [0.1, 0.15) is 0 Å². The molecule has 0 aromatic heterocycles. The number of imide groups is 2. The molecule has 0 saturated carbocycles. The maximum absolute atomic E-state index is 11.7. The standard InChI is InChI=1S/C10H14N4O4S/c15-7(13-3-1-11-9(13)17)5-19-6-8(16)14-4-2-12-10(14)18/h1-6H2,(H,11,17)(H,12,18). The predicted octanol–water partition coefficient (Wildman–Crippen LogP) is -1.18. The van der Waals surface area contributed by atoms with Crippen molar-refractivity contribution in [3.05, 3.63) is 0 Å². The van der Waals surface area contributed by atoms with Gasteiger partial charge in [0.1, 0.15) is 0 Å². The molecular weight excluding hydrogens is 272 g/mol. The number of carbonyl (C=O) groups excluding carboxylic acids is 4. The lowest BCUT2D eigenvalue weighted by atomic mass is 10.5. The van der Waals surface area contributed by atoms with Crippen LogP contribution in [0.4, 0.5) is 9.59 Å². The van der Waals surface area contributed by atoms with E-state index in [9.17, 15) is 19.2 Å². The van der Waals surface area contributed by atoms with Gasteiger partial charge in [0.2, 0.25) is 11.8 Å². The number of rotatable bonds is 4. The summed E-state index contributed by atoms with van der Waals surface area (Å²) in [4.78, 5) is 48.0. The number of thioether (sulfide) groups is 1. The minimum Gasteiger partial charge on any atom is -0.336 e. The Morgan fingerprint density at radius 3 is 1.68 bits per heavy atom. The number of carbonyl (C=O) groups is 4. The van der Waals surface area contributed by atoms with Crippen LogP contribution in [0.5, 0.6) is 0 Å². The average Bonchev–Trinajstić information content (AvgIpc) is 2.97. The Bertz CT molecular complexity index is 390. The molecule has 2 heterocycles. The Morgan fingerprint density at radius 2 is 1.37 bits per heavy atom. The Kier molecular flexibility index (Phi) is 4.25. The third-order valence-corrected chi connectivity index (χ3v) is 3.67. The molecule has 2 fully saturated rings. The average molecular weight is 286 g/mol. The zero-order valence-corrected chi connectivity index (χ0v) is 11.0. The third kappa shape index (κ3) is 3.16. The van der Waals surface area contributed by atoms with Crippen LogP contribution < -0.4 is 10.6 Å². The molecule has 2 rings (SSSR count). The molecule has 0 atom stereocenters. The fourth-order valence-electron chi connectivity index (χ4n) is 1.80. The van der Waals surface area contributed by atoms with E-state index < -0.39 is 12.1 Å². The van der Waals surface area contributed by atoms with Crippen molar-refractivity contribution in [2.75, 3.05) is 37.7 Å². The topological polar surface area (TPSA) is 98.8 Å². The van der Waals surface area contributed by atoms with Gasteiger partial charge in [0.15, 0.2) is 0 Å². The second kappa shape index (κ2) is 5.91. The van der Waals surface area contributed by atoms with Crippen LogP contribution in [0.2, 0.25) is 0 Å². The van der Waals surface area contributed by atoms with Crippen molar-refractivity contribution in [1.82, 2.24) is 20.4 Å². The van der Waals surface area contributed by atoms with E-state index in [1.165, 1.54) is 0 Å². The van der Waals surface area contributed by atoms with Crippen molar-refractivity contribution in [2.45, 2.75) is 0 Å². The smallest absolute Gasteiger partial charge is 0.324 e. The SMILES string of the molecule is O=C(CSCC(=O)N1CCNC1=O)N1CCNC1=O. The summed E-state index contributed by atoms with van der Waals surface area (Å²) in [5.74, 6) is -0.541. The second-order valence-corrected chi connectivity index (χ2v) is 5.03. The van der Waals surface area contributed by atoms with Gasteiger partial charge in [-0.1, -0.05) is 0 Å². The highest BCUT2D eigenvalue weighted by molar-refractivity contribution is 8.00. The highest BCUT2D eigenvalue weighted by Gasteiger charge is 2.28. The molecule has 8 nitrogen and oxygen atoms in total. The molecule has 0 aromatic rings. The van der Waals surface area contributed by atoms with E-state index in [-0.39, 0.29) is 23.3 Å². The van der Waals surface area contributed by atoms with Gasteiger partial charge < -0.3 is 10.6 Å². The summed E-state index contributed by atoms with van der Waals surface area (Å²) in [7, 11) is 0. The van der Waals surface area contributed by atoms with Gasteiger partial charge in [-0.15, -0.1) is 11.8 Å². The van der Waals surface area contributed by atoms with Crippen LogP contribution in [0.15, 0.2) is 0 Å². The molecule has 9 heteroatoms. The van der Waals surface area contributed by atoms with Gasteiger partial charge in [-0.2, -0.15) is 0 Å². The van der Waals surface area contributed by atoms with E-state index in [0.29, 0.717) is 26.2 Å². The maximum atomic E-state index is 11.7. The summed E-state index contributed by atoms with van der Waals surface area (Å²) in [6, 6.07) is -0.785. The number of urea groups is 2. The summed E-state index contributed by atoms with van der Waals surface area (Å²) >= 11 is 1.10. The first-order valence-electron chi connectivity index (χ1n) is 5.83. The van der Waals surface area contributed by atoms with Gasteiger partial charge in [-0.3, -0.25) is 19.4 Å². The van der Waals surface area contributed by atoms with Crippen molar-refractivity contribution < 1.29 is 19.2 Å². The number of amides is 6. The maximum Gasteiger partial charge on any atom is 0.324 e. The Balaban J connectivity index is 1.71. The van der Waals surface area contributed by atoms with E-state index in [0.717, 1.165) is 21.6 Å². The minimum atomic E-state index is -0.393. The van der Waals surface area contributed by atoms with Crippen molar-refractivity contribution in [3.8, 4) is 0 Å². The van der Waals surface area contributed by atoms with Gasteiger partial charge in [0, 0.05) is 26.2 Å². The van der Waals surface area contributed by atoms with E-state index in [2.05, 4.69) is 10.6 Å². The number of nitrogens with zero attached hydrogens (tertiary/aromatic N) is 2. The Morgan fingerprint density at radius 1 is 0.947 bits per heavy atom. The van der Waals surface area contributed by atoms with Crippen LogP contribution in [-0.2, 0) is 9.59 Å². The molecule has 0 spiro atoms.